The van der Waals surface area contributed by atoms with E-state index in [0.29, 0.717) is 5.92 Å². The van der Waals surface area contributed by atoms with Crippen LogP contribution in [0.1, 0.15) is 19.3 Å². The zero-order valence-corrected chi connectivity index (χ0v) is 9.04. The maximum absolute atomic E-state index is 10.5. The summed E-state index contributed by atoms with van der Waals surface area (Å²) >= 11 is 0. The van der Waals surface area contributed by atoms with E-state index in [2.05, 4.69) is 14.9 Å². The topological polar surface area (TPSA) is 66.3 Å². The number of carboxylic acid groups (broad SMARTS) is 1. The van der Waals surface area contributed by atoms with E-state index in [4.69, 9.17) is 5.11 Å². The van der Waals surface area contributed by atoms with Crippen molar-refractivity contribution in [1.82, 2.24) is 9.97 Å². The van der Waals surface area contributed by atoms with Crippen LogP contribution < -0.4 is 4.90 Å². The molecule has 16 heavy (non-hydrogen) atoms. The molecule has 1 aromatic heterocycles. The van der Waals surface area contributed by atoms with Gasteiger partial charge >= 0.3 is 5.97 Å². The molecule has 1 unspecified atom stereocenters. The van der Waals surface area contributed by atoms with Gasteiger partial charge in [0.2, 0.25) is 5.95 Å². The third kappa shape index (κ3) is 2.68. The first-order chi connectivity index (χ1) is 7.75. The van der Waals surface area contributed by atoms with Gasteiger partial charge in [-0.2, -0.15) is 0 Å². The van der Waals surface area contributed by atoms with Crippen LogP contribution in [0.15, 0.2) is 18.5 Å². The number of nitrogens with zero attached hydrogens (tertiary/aromatic N) is 3. The number of carbonyl (C=O) groups is 1. The Balaban J connectivity index is 1.86. The van der Waals surface area contributed by atoms with Gasteiger partial charge in [0.15, 0.2) is 0 Å². The minimum absolute atomic E-state index is 0.258. The first kappa shape index (κ1) is 10.9. The minimum Gasteiger partial charge on any atom is -0.481 e. The molecule has 0 spiro atoms. The van der Waals surface area contributed by atoms with Gasteiger partial charge in [0.25, 0.3) is 0 Å². The second-order valence-corrected chi connectivity index (χ2v) is 4.08. The smallest absolute Gasteiger partial charge is 0.303 e. The molecule has 2 heterocycles. The van der Waals surface area contributed by atoms with Crippen LogP contribution >= 0.6 is 0 Å². The van der Waals surface area contributed by atoms with E-state index in [9.17, 15) is 4.79 Å². The van der Waals surface area contributed by atoms with Gasteiger partial charge in [0.1, 0.15) is 0 Å². The van der Waals surface area contributed by atoms with Crippen LogP contribution in [0.3, 0.4) is 0 Å². The zero-order chi connectivity index (χ0) is 11.4. The first-order valence-corrected chi connectivity index (χ1v) is 5.49. The summed E-state index contributed by atoms with van der Waals surface area (Å²) < 4.78 is 0. The summed E-state index contributed by atoms with van der Waals surface area (Å²) in [5.74, 6) is 0.495. The van der Waals surface area contributed by atoms with Crippen LogP contribution in [0.2, 0.25) is 0 Å². The Morgan fingerprint density at radius 1 is 1.50 bits per heavy atom. The van der Waals surface area contributed by atoms with Crippen molar-refractivity contribution in [3.8, 4) is 0 Å². The number of hydrogen-bond acceptors (Lipinski definition) is 4. The van der Waals surface area contributed by atoms with Gasteiger partial charge in [-0.15, -0.1) is 0 Å². The molecule has 0 amide bonds. The average Bonchev–Trinajstić information content (AvgIpc) is 2.76. The molecular formula is C11H15N3O2. The van der Waals surface area contributed by atoms with Crippen LogP contribution in [-0.2, 0) is 4.79 Å². The van der Waals surface area contributed by atoms with E-state index < -0.39 is 5.97 Å². The summed E-state index contributed by atoms with van der Waals surface area (Å²) in [7, 11) is 0. The molecule has 1 atom stereocenters. The number of anilines is 1. The fourth-order valence-electron chi connectivity index (χ4n) is 2.03. The minimum atomic E-state index is -0.714. The van der Waals surface area contributed by atoms with E-state index in [1.165, 1.54) is 0 Å². The van der Waals surface area contributed by atoms with Gasteiger partial charge in [-0.05, 0) is 24.8 Å². The Morgan fingerprint density at radius 3 is 2.94 bits per heavy atom. The maximum atomic E-state index is 10.5. The molecule has 0 aliphatic carbocycles. The molecule has 0 aromatic carbocycles. The normalized spacial score (nSPS) is 20.0. The van der Waals surface area contributed by atoms with Crippen LogP contribution in [0, 0.1) is 5.92 Å². The Bertz CT molecular complexity index is 356. The highest BCUT2D eigenvalue weighted by molar-refractivity contribution is 5.66. The number of aromatic nitrogens is 2. The molecule has 0 bridgehead atoms. The molecule has 1 aliphatic heterocycles. The van der Waals surface area contributed by atoms with Crippen molar-refractivity contribution in [3.05, 3.63) is 18.5 Å². The number of rotatable bonds is 4. The fourth-order valence-corrected chi connectivity index (χ4v) is 2.03. The van der Waals surface area contributed by atoms with E-state index in [1.54, 1.807) is 18.5 Å². The molecule has 86 valence electrons. The SMILES string of the molecule is O=C(O)CCC1CCN(c2ncccn2)C1. The summed E-state index contributed by atoms with van der Waals surface area (Å²) in [6.45, 7) is 1.80. The lowest BCUT2D eigenvalue weighted by Crippen LogP contribution is -2.21. The summed E-state index contributed by atoms with van der Waals surface area (Å²) in [4.78, 5) is 21.0. The molecule has 1 aromatic rings. The van der Waals surface area contributed by atoms with Gasteiger partial charge in [0.05, 0.1) is 0 Å². The lowest BCUT2D eigenvalue weighted by molar-refractivity contribution is -0.137. The van der Waals surface area contributed by atoms with Gasteiger partial charge in [-0.1, -0.05) is 0 Å². The molecule has 1 N–H and O–H groups in total. The Labute approximate surface area is 94.1 Å². The Hall–Kier alpha value is -1.65. The van der Waals surface area contributed by atoms with Gasteiger partial charge in [0, 0.05) is 31.9 Å². The van der Waals surface area contributed by atoms with Crippen LogP contribution in [0.4, 0.5) is 5.95 Å². The van der Waals surface area contributed by atoms with Gasteiger partial charge in [-0.3, -0.25) is 4.79 Å². The summed E-state index contributed by atoms with van der Waals surface area (Å²) in [5.41, 5.74) is 0. The van der Waals surface area contributed by atoms with Crippen molar-refractivity contribution in [1.29, 1.82) is 0 Å². The van der Waals surface area contributed by atoms with E-state index >= 15 is 0 Å². The van der Waals surface area contributed by atoms with Crippen LogP contribution in [-0.4, -0.2) is 34.1 Å². The second-order valence-electron chi connectivity index (χ2n) is 4.08. The van der Waals surface area contributed by atoms with E-state index in [0.717, 1.165) is 31.9 Å². The molecule has 1 fully saturated rings. The standard InChI is InChI=1S/C11H15N3O2/c15-10(16)3-2-9-4-7-14(8-9)11-12-5-1-6-13-11/h1,5-6,9H,2-4,7-8H2,(H,15,16). The van der Waals surface area contributed by atoms with Crippen molar-refractivity contribution in [3.63, 3.8) is 0 Å². The highest BCUT2D eigenvalue weighted by Gasteiger charge is 2.24. The second kappa shape index (κ2) is 4.92. The molecular weight excluding hydrogens is 206 g/mol. The third-order valence-electron chi connectivity index (χ3n) is 2.89. The van der Waals surface area contributed by atoms with E-state index in [1.807, 2.05) is 0 Å². The zero-order valence-electron chi connectivity index (χ0n) is 9.04. The molecule has 2 rings (SSSR count). The molecule has 0 radical (unpaired) electrons. The number of carboxylic acids is 1. The summed E-state index contributed by atoms with van der Waals surface area (Å²) in [6, 6.07) is 1.79. The molecule has 1 saturated heterocycles. The lowest BCUT2D eigenvalue weighted by atomic mass is 10.0. The Morgan fingerprint density at radius 2 is 2.25 bits per heavy atom. The van der Waals surface area contributed by atoms with Crippen LogP contribution in [0.5, 0.6) is 0 Å². The molecule has 0 saturated carbocycles. The van der Waals surface area contributed by atoms with Crippen molar-refractivity contribution >= 4 is 11.9 Å². The number of aliphatic carboxylic acids is 1. The highest BCUT2D eigenvalue weighted by atomic mass is 16.4. The third-order valence-corrected chi connectivity index (χ3v) is 2.89. The van der Waals surface area contributed by atoms with E-state index in [-0.39, 0.29) is 6.42 Å². The van der Waals surface area contributed by atoms with Crippen LogP contribution in [0.25, 0.3) is 0 Å². The first-order valence-electron chi connectivity index (χ1n) is 5.49. The van der Waals surface area contributed by atoms with Gasteiger partial charge in [-0.25, -0.2) is 9.97 Å². The summed E-state index contributed by atoms with van der Waals surface area (Å²) in [5, 5.41) is 8.62. The number of hydrogen-bond donors (Lipinski definition) is 1. The predicted octanol–water partition coefficient (Wildman–Crippen LogP) is 1.17. The predicted molar refractivity (Wildman–Crippen MR) is 59.2 cm³/mol. The Kier molecular flexibility index (Phi) is 3.34. The van der Waals surface area contributed by atoms with Crippen molar-refractivity contribution in [2.24, 2.45) is 5.92 Å². The quantitative estimate of drug-likeness (QED) is 0.826. The molecule has 1 aliphatic rings. The average molecular weight is 221 g/mol. The molecule has 5 heteroatoms. The highest BCUT2D eigenvalue weighted by Crippen LogP contribution is 2.23. The monoisotopic (exact) mass is 221 g/mol. The van der Waals surface area contributed by atoms with Crippen molar-refractivity contribution in [2.45, 2.75) is 19.3 Å². The molecule has 5 nitrogen and oxygen atoms in total. The van der Waals surface area contributed by atoms with Crippen molar-refractivity contribution < 1.29 is 9.90 Å². The van der Waals surface area contributed by atoms with Gasteiger partial charge < -0.3 is 10.0 Å². The fraction of sp³-hybridized carbons (Fsp3) is 0.545. The lowest BCUT2D eigenvalue weighted by Gasteiger charge is -2.15. The maximum Gasteiger partial charge on any atom is 0.303 e. The largest absolute Gasteiger partial charge is 0.481 e. The summed E-state index contributed by atoms with van der Waals surface area (Å²) in [6.07, 6.45) is 5.50. The van der Waals surface area contributed by atoms with Crippen molar-refractivity contribution in [2.75, 3.05) is 18.0 Å².